The molecule has 1 atom stereocenters. The lowest BCUT2D eigenvalue weighted by molar-refractivity contribution is -0.131. The molecule has 2 rings (SSSR count). The van der Waals surface area contributed by atoms with Gasteiger partial charge in [0.2, 0.25) is 5.91 Å². The number of rotatable bonds is 8. The Labute approximate surface area is 120 Å². The van der Waals surface area contributed by atoms with Gasteiger partial charge in [-0.3, -0.25) is 9.48 Å². The van der Waals surface area contributed by atoms with Crippen LogP contribution in [-0.2, 0) is 11.3 Å². The lowest BCUT2D eigenvalue weighted by atomic mass is 10.2. The lowest BCUT2D eigenvalue weighted by Gasteiger charge is -2.26. The van der Waals surface area contributed by atoms with Gasteiger partial charge in [0, 0.05) is 31.7 Å². The van der Waals surface area contributed by atoms with Gasteiger partial charge in [0.05, 0.1) is 12.7 Å². The summed E-state index contributed by atoms with van der Waals surface area (Å²) < 4.78 is 1.71. The zero-order valence-electron chi connectivity index (χ0n) is 12.3. The average molecular weight is 279 g/mol. The number of nitrogens with zero attached hydrogens (tertiary/aromatic N) is 4. The highest BCUT2D eigenvalue weighted by molar-refractivity contribution is 5.76. The second-order valence-corrected chi connectivity index (χ2v) is 5.40. The molecule has 1 aliphatic rings. The van der Waals surface area contributed by atoms with Crippen LogP contribution in [0.25, 0.3) is 0 Å². The third-order valence-electron chi connectivity index (χ3n) is 3.76. The number of aromatic nitrogens is 3. The third-order valence-corrected chi connectivity index (χ3v) is 3.76. The molecule has 0 aliphatic carbocycles. The molecule has 1 amide bonds. The zero-order valence-corrected chi connectivity index (χ0v) is 12.3. The van der Waals surface area contributed by atoms with E-state index in [4.69, 9.17) is 0 Å². The van der Waals surface area contributed by atoms with Crippen molar-refractivity contribution < 1.29 is 4.79 Å². The molecule has 0 bridgehead atoms. The van der Waals surface area contributed by atoms with Crippen molar-refractivity contribution in [2.45, 2.75) is 51.6 Å². The summed E-state index contributed by atoms with van der Waals surface area (Å²) in [7, 11) is 0. The van der Waals surface area contributed by atoms with Gasteiger partial charge < -0.3 is 10.2 Å². The fraction of sp³-hybridized carbons (Fsp3) is 0.786. The molecule has 20 heavy (non-hydrogen) atoms. The topological polar surface area (TPSA) is 63.1 Å². The Balaban J connectivity index is 1.81. The van der Waals surface area contributed by atoms with Crippen LogP contribution in [0.15, 0.2) is 12.4 Å². The van der Waals surface area contributed by atoms with Crippen LogP contribution in [0.1, 0.15) is 39.0 Å². The van der Waals surface area contributed by atoms with Crippen molar-refractivity contribution in [3.8, 4) is 0 Å². The first kappa shape index (κ1) is 15.0. The van der Waals surface area contributed by atoms with E-state index in [9.17, 15) is 4.79 Å². The second kappa shape index (κ2) is 7.99. The monoisotopic (exact) mass is 279 g/mol. The van der Waals surface area contributed by atoms with Gasteiger partial charge in [-0.15, -0.1) is 5.10 Å². The van der Waals surface area contributed by atoms with Gasteiger partial charge in [-0.1, -0.05) is 18.6 Å². The number of unbranched alkanes of at least 4 members (excludes halogenated alkanes) is 1. The first-order valence-corrected chi connectivity index (χ1v) is 7.65. The Bertz CT molecular complexity index is 386. The van der Waals surface area contributed by atoms with E-state index in [1.54, 1.807) is 17.1 Å². The molecular weight excluding hydrogens is 254 g/mol. The Morgan fingerprint density at radius 1 is 1.55 bits per heavy atom. The minimum absolute atomic E-state index is 0.225. The molecule has 6 nitrogen and oxygen atoms in total. The van der Waals surface area contributed by atoms with Crippen LogP contribution in [0, 0.1) is 0 Å². The molecule has 112 valence electrons. The van der Waals surface area contributed by atoms with Gasteiger partial charge in [0.1, 0.15) is 0 Å². The number of hydrogen-bond acceptors (Lipinski definition) is 4. The standard InChI is InChI=1S/C14H25N5O/c1-2-3-9-18(12-13-5-4-7-15-13)14(20)6-10-19-11-8-16-17-19/h8,11,13,15H,2-7,9-10,12H2,1H3. The molecule has 2 heterocycles. The van der Waals surface area contributed by atoms with Crippen LogP contribution < -0.4 is 5.32 Å². The first-order valence-electron chi connectivity index (χ1n) is 7.65. The number of aryl methyl sites for hydroxylation is 1. The molecule has 1 saturated heterocycles. The van der Waals surface area contributed by atoms with E-state index >= 15 is 0 Å². The summed E-state index contributed by atoms with van der Waals surface area (Å²) in [5.74, 6) is 0.225. The van der Waals surface area contributed by atoms with Crippen molar-refractivity contribution >= 4 is 5.91 Å². The molecule has 0 radical (unpaired) electrons. The highest BCUT2D eigenvalue weighted by Crippen LogP contribution is 2.09. The summed E-state index contributed by atoms with van der Waals surface area (Å²) in [4.78, 5) is 14.4. The minimum Gasteiger partial charge on any atom is -0.341 e. The summed E-state index contributed by atoms with van der Waals surface area (Å²) in [5.41, 5.74) is 0. The van der Waals surface area contributed by atoms with Gasteiger partial charge in [-0.2, -0.15) is 0 Å². The molecule has 0 saturated carbocycles. The molecule has 6 heteroatoms. The Morgan fingerprint density at radius 3 is 3.10 bits per heavy atom. The van der Waals surface area contributed by atoms with E-state index in [2.05, 4.69) is 22.6 Å². The molecule has 1 aromatic heterocycles. The molecule has 1 fully saturated rings. The van der Waals surface area contributed by atoms with Crippen LogP contribution in [0.2, 0.25) is 0 Å². The molecule has 1 aromatic rings. The fourth-order valence-electron chi connectivity index (χ4n) is 2.57. The summed E-state index contributed by atoms with van der Waals surface area (Å²) in [6.45, 7) is 5.56. The Morgan fingerprint density at radius 2 is 2.45 bits per heavy atom. The van der Waals surface area contributed by atoms with Crippen molar-refractivity contribution in [3.63, 3.8) is 0 Å². The van der Waals surface area contributed by atoms with E-state index in [0.717, 1.165) is 32.5 Å². The smallest absolute Gasteiger partial charge is 0.224 e. The first-order chi connectivity index (χ1) is 9.79. The van der Waals surface area contributed by atoms with Crippen molar-refractivity contribution in [1.82, 2.24) is 25.2 Å². The van der Waals surface area contributed by atoms with Crippen LogP contribution in [-0.4, -0.2) is 51.5 Å². The average Bonchev–Trinajstić information content (AvgIpc) is 3.13. The Kier molecular flexibility index (Phi) is 5.98. The number of hydrogen-bond donors (Lipinski definition) is 1. The highest BCUT2D eigenvalue weighted by atomic mass is 16.2. The molecule has 1 unspecified atom stereocenters. The maximum Gasteiger partial charge on any atom is 0.224 e. The van der Waals surface area contributed by atoms with E-state index < -0.39 is 0 Å². The van der Waals surface area contributed by atoms with Crippen molar-refractivity contribution in [2.75, 3.05) is 19.6 Å². The number of carbonyl (C=O) groups excluding carboxylic acids is 1. The quantitative estimate of drug-likeness (QED) is 0.772. The van der Waals surface area contributed by atoms with E-state index in [-0.39, 0.29) is 5.91 Å². The summed E-state index contributed by atoms with van der Waals surface area (Å²) in [6.07, 6.45) is 8.52. The number of amides is 1. The molecule has 0 aromatic carbocycles. The van der Waals surface area contributed by atoms with Gasteiger partial charge >= 0.3 is 0 Å². The fourth-order valence-corrected chi connectivity index (χ4v) is 2.57. The van der Waals surface area contributed by atoms with Gasteiger partial charge in [-0.05, 0) is 25.8 Å². The largest absolute Gasteiger partial charge is 0.341 e. The maximum absolute atomic E-state index is 12.4. The van der Waals surface area contributed by atoms with Crippen molar-refractivity contribution in [1.29, 1.82) is 0 Å². The SMILES string of the molecule is CCCCN(CC1CCCN1)C(=O)CCn1ccnn1. The maximum atomic E-state index is 12.4. The number of nitrogens with one attached hydrogen (secondary N) is 1. The predicted octanol–water partition coefficient (Wildman–Crippen LogP) is 1.05. The van der Waals surface area contributed by atoms with Gasteiger partial charge in [0.25, 0.3) is 0 Å². The second-order valence-electron chi connectivity index (χ2n) is 5.40. The highest BCUT2D eigenvalue weighted by Gasteiger charge is 2.20. The van der Waals surface area contributed by atoms with Gasteiger partial charge in [0.15, 0.2) is 0 Å². The van der Waals surface area contributed by atoms with Crippen LogP contribution in [0.5, 0.6) is 0 Å². The Hall–Kier alpha value is -1.43. The third kappa shape index (κ3) is 4.59. The lowest BCUT2D eigenvalue weighted by Crippen LogP contribution is -2.41. The van der Waals surface area contributed by atoms with E-state index in [0.29, 0.717) is 19.0 Å². The molecule has 0 spiro atoms. The predicted molar refractivity (Wildman–Crippen MR) is 77.2 cm³/mol. The van der Waals surface area contributed by atoms with Crippen LogP contribution in [0.3, 0.4) is 0 Å². The normalized spacial score (nSPS) is 18.4. The van der Waals surface area contributed by atoms with Crippen molar-refractivity contribution in [3.05, 3.63) is 12.4 Å². The molecule has 1 aliphatic heterocycles. The molecular formula is C14H25N5O. The zero-order chi connectivity index (χ0) is 14.2. The number of carbonyl (C=O) groups is 1. The summed E-state index contributed by atoms with van der Waals surface area (Å²) in [5, 5.41) is 11.1. The van der Waals surface area contributed by atoms with E-state index in [1.165, 1.54) is 12.8 Å². The van der Waals surface area contributed by atoms with Crippen LogP contribution in [0.4, 0.5) is 0 Å². The van der Waals surface area contributed by atoms with E-state index in [1.807, 2.05) is 4.90 Å². The van der Waals surface area contributed by atoms with Crippen LogP contribution >= 0.6 is 0 Å². The molecule has 1 N–H and O–H groups in total. The minimum atomic E-state index is 0.225. The summed E-state index contributed by atoms with van der Waals surface area (Å²) in [6, 6.07) is 0.474. The summed E-state index contributed by atoms with van der Waals surface area (Å²) >= 11 is 0. The van der Waals surface area contributed by atoms with Crippen molar-refractivity contribution in [2.24, 2.45) is 0 Å². The van der Waals surface area contributed by atoms with Gasteiger partial charge in [-0.25, -0.2) is 0 Å².